The third kappa shape index (κ3) is 10.6. The van der Waals surface area contributed by atoms with E-state index in [0.717, 1.165) is 0 Å². The maximum absolute atomic E-state index is 14.5. The summed E-state index contributed by atoms with van der Waals surface area (Å²) in [5, 5.41) is 0. The van der Waals surface area contributed by atoms with Crippen LogP contribution in [-0.2, 0) is 27.2 Å². The first-order chi connectivity index (χ1) is 14.7. The van der Waals surface area contributed by atoms with E-state index < -0.39 is 47.2 Å². The standard InChI is InChI=1S/C18H34F4I2O6P2/c1-5-27-31(25,28-6-2)17(19,20)13-15(23)11-9-10-12-16(24)14-18(21,22)32(26,29-7-3)30-8-4/h15-16H,5-14H2,1-4H3. The molecule has 0 aromatic rings. The second-order valence-electron chi connectivity index (χ2n) is 6.88. The van der Waals surface area contributed by atoms with E-state index in [0.29, 0.717) is 25.7 Å². The van der Waals surface area contributed by atoms with E-state index in [1.54, 1.807) is 0 Å². The van der Waals surface area contributed by atoms with Crippen LogP contribution in [0.5, 0.6) is 0 Å². The van der Waals surface area contributed by atoms with E-state index in [1.165, 1.54) is 27.7 Å². The third-order valence-electron chi connectivity index (χ3n) is 4.22. The van der Waals surface area contributed by atoms with Crippen LogP contribution in [0.2, 0.25) is 0 Å². The van der Waals surface area contributed by atoms with Gasteiger partial charge in [0.25, 0.3) is 0 Å². The Balaban J connectivity index is 4.65. The van der Waals surface area contributed by atoms with Gasteiger partial charge in [0.05, 0.1) is 26.4 Å². The monoisotopic (exact) mass is 738 g/mol. The Morgan fingerprint density at radius 2 is 0.906 bits per heavy atom. The summed E-state index contributed by atoms with van der Waals surface area (Å²) in [5.41, 5.74) is -7.23. The Labute approximate surface area is 216 Å². The van der Waals surface area contributed by atoms with Crippen molar-refractivity contribution in [2.45, 2.75) is 85.4 Å². The molecule has 0 saturated carbocycles. The van der Waals surface area contributed by atoms with Gasteiger partial charge in [-0.25, -0.2) is 0 Å². The third-order valence-corrected chi connectivity index (χ3v) is 10.7. The Bertz CT molecular complexity index is 558. The average Bonchev–Trinajstić information content (AvgIpc) is 2.65. The van der Waals surface area contributed by atoms with Gasteiger partial charge in [0.15, 0.2) is 0 Å². The molecule has 0 radical (unpaired) electrons. The quantitative estimate of drug-likeness (QED) is 0.0435. The first-order valence-corrected chi connectivity index (χ1v) is 16.1. The molecule has 0 bridgehead atoms. The fourth-order valence-corrected chi connectivity index (χ4v) is 8.66. The molecule has 0 aliphatic heterocycles. The molecule has 194 valence electrons. The molecular formula is C18H34F4I2O6P2. The van der Waals surface area contributed by atoms with Crippen molar-refractivity contribution >= 4 is 60.4 Å². The first kappa shape index (κ1) is 33.5. The van der Waals surface area contributed by atoms with Gasteiger partial charge in [-0.05, 0) is 40.5 Å². The summed E-state index contributed by atoms with van der Waals surface area (Å²) < 4.78 is 101. The molecule has 0 fully saturated rings. The highest BCUT2D eigenvalue weighted by Crippen LogP contribution is 2.65. The zero-order chi connectivity index (χ0) is 25.1. The fourth-order valence-electron chi connectivity index (χ4n) is 2.82. The van der Waals surface area contributed by atoms with Crippen molar-refractivity contribution in [3.8, 4) is 0 Å². The SMILES string of the molecule is CCOP(=O)(OCC)C(F)(F)CC(I)CCCCC(I)CC(F)(F)P(=O)(OCC)OCC. The molecule has 0 aromatic carbocycles. The molecule has 0 aliphatic rings. The van der Waals surface area contributed by atoms with Crippen LogP contribution in [0.3, 0.4) is 0 Å². The van der Waals surface area contributed by atoms with Gasteiger partial charge >= 0.3 is 26.5 Å². The van der Waals surface area contributed by atoms with Crippen molar-refractivity contribution in [1.29, 1.82) is 0 Å². The highest BCUT2D eigenvalue weighted by atomic mass is 127. The van der Waals surface area contributed by atoms with Crippen LogP contribution in [-0.4, -0.2) is 45.6 Å². The summed E-state index contributed by atoms with van der Waals surface area (Å²) in [7, 11) is -9.11. The minimum Gasteiger partial charge on any atom is -0.305 e. The molecular weight excluding hydrogens is 704 g/mol. The van der Waals surface area contributed by atoms with Crippen molar-refractivity contribution in [1.82, 2.24) is 0 Å². The molecule has 0 rings (SSSR count). The van der Waals surface area contributed by atoms with Gasteiger partial charge in [-0.2, -0.15) is 17.6 Å². The number of hydrogen-bond acceptors (Lipinski definition) is 6. The zero-order valence-corrected chi connectivity index (χ0v) is 24.9. The first-order valence-electron chi connectivity index (χ1n) is 10.6. The summed E-state index contributed by atoms with van der Waals surface area (Å²) in [6.07, 6.45) is 0.508. The number of halogens is 6. The van der Waals surface area contributed by atoms with Crippen LogP contribution >= 0.6 is 60.4 Å². The lowest BCUT2D eigenvalue weighted by molar-refractivity contribution is 0.0311. The maximum Gasteiger partial charge on any atom is 0.399 e. The molecule has 6 nitrogen and oxygen atoms in total. The maximum atomic E-state index is 14.5. The molecule has 0 amide bonds. The van der Waals surface area contributed by atoms with Crippen LogP contribution < -0.4 is 0 Å². The van der Waals surface area contributed by atoms with Gasteiger partial charge in [-0.15, -0.1) is 0 Å². The van der Waals surface area contributed by atoms with Crippen molar-refractivity contribution in [2.24, 2.45) is 0 Å². The van der Waals surface area contributed by atoms with Gasteiger partial charge in [0.2, 0.25) is 0 Å². The lowest BCUT2D eigenvalue weighted by atomic mass is 10.1. The molecule has 14 heteroatoms. The number of rotatable bonds is 19. The molecule has 2 unspecified atom stereocenters. The van der Waals surface area contributed by atoms with Crippen LogP contribution in [0.4, 0.5) is 17.6 Å². The highest BCUT2D eigenvalue weighted by molar-refractivity contribution is 14.1. The van der Waals surface area contributed by atoms with Crippen LogP contribution in [0, 0.1) is 0 Å². The van der Waals surface area contributed by atoms with Crippen LogP contribution in [0.1, 0.15) is 66.2 Å². The topological polar surface area (TPSA) is 71.1 Å². The fraction of sp³-hybridized carbons (Fsp3) is 1.00. The second kappa shape index (κ2) is 15.6. The van der Waals surface area contributed by atoms with Gasteiger partial charge in [0, 0.05) is 20.7 Å². The van der Waals surface area contributed by atoms with Crippen molar-refractivity contribution < 1.29 is 44.8 Å². The van der Waals surface area contributed by atoms with Crippen LogP contribution in [0.15, 0.2) is 0 Å². The summed E-state index contributed by atoms with van der Waals surface area (Å²) >= 11 is 3.74. The Hall–Kier alpha value is 1.48. The highest BCUT2D eigenvalue weighted by Gasteiger charge is 2.54. The summed E-state index contributed by atoms with van der Waals surface area (Å²) in [6.45, 7) is 5.26. The smallest absolute Gasteiger partial charge is 0.305 e. The molecule has 32 heavy (non-hydrogen) atoms. The van der Waals surface area contributed by atoms with E-state index in [-0.39, 0.29) is 26.4 Å². The van der Waals surface area contributed by atoms with Gasteiger partial charge in [0.1, 0.15) is 0 Å². The van der Waals surface area contributed by atoms with E-state index in [9.17, 15) is 26.7 Å². The average molecular weight is 738 g/mol. The van der Waals surface area contributed by atoms with Gasteiger partial charge in [-0.1, -0.05) is 58.0 Å². The minimum absolute atomic E-state index is 0.153. The van der Waals surface area contributed by atoms with E-state index in [4.69, 9.17) is 18.1 Å². The number of unbranched alkanes of at least 4 members (excludes halogenated alkanes) is 1. The predicted octanol–water partition coefficient (Wildman–Crippen LogP) is 8.65. The number of hydrogen-bond donors (Lipinski definition) is 0. The lowest BCUT2D eigenvalue weighted by Crippen LogP contribution is -2.25. The van der Waals surface area contributed by atoms with Gasteiger partial charge in [-0.3, -0.25) is 9.13 Å². The molecule has 0 aromatic heterocycles. The zero-order valence-electron chi connectivity index (χ0n) is 18.8. The molecule has 0 heterocycles. The van der Waals surface area contributed by atoms with E-state index in [2.05, 4.69) is 0 Å². The van der Waals surface area contributed by atoms with Gasteiger partial charge < -0.3 is 18.1 Å². The normalized spacial score (nSPS) is 15.7. The molecule has 0 spiro atoms. The molecule has 0 aliphatic carbocycles. The Morgan fingerprint density at radius 1 is 0.656 bits per heavy atom. The predicted molar refractivity (Wildman–Crippen MR) is 135 cm³/mol. The molecule has 0 N–H and O–H groups in total. The largest absolute Gasteiger partial charge is 0.399 e. The van der Waals surface area contributed by atoms with E-state index >= 15 is 0 Å². The molecule has 2 atom stereocenters. The van der Waals surface area contributed by atoms with Crippen molar-refractivity contribution in [3.05, 3.63) is 0 Å². The number of alkyl halides is 6. The van der Waals surface area contributed by atoms with Crippen LogP contribution in [0.25, 0.3) is 0 Å². The Kier molecular flexibility index (Phi) is 16.3. The van der Waals surface area contributed by atoms with E-state index in [1.807, 2.05) is 45.2 Å². The molecule has 0 saturated heterocycles. The summed E-state index contributed by atoms with van der Waals surface area (Å²) in [4.78, 5) is 0. The minimum atomic E-state index is -4.56. The lowest BCUT2D eigenvalue weighted by Gasteiger charge is -2.27. The second-order valence-corrected chi connectivity index (χ2v) is 14.7. The summed E-state index contributed by atoms with van der Waals surface area (Å²) in [5.74, 6) is 0. The Morgan fingerprint density at radius 3 is 1.12 bits per heavy atom. The summed E-state index contributed by atoms with van der Waals surface area (Å²) in [6, 6.07) is 0. The van der Waals surface area contributed by atoms with Crippen molar-refractivity contribution in [2.75, 3.05) is 26.4 Å². The van der Waals surface area contributed by atoms with Crippen molar-refractivity contribution in [3.63, 3.8) is 0 Å².